The zero-order chi connectivity index (χ0) is 10.4. The van der Waals surface area contributed by atoms with Crippen molar-refractivity contribution >= 4 is 7.82 Å². The Labute approximate surface area is 82.4 Å². The number of hydrogen-bond donors (Lipinski definition) is 1. The molecule has 0 saturated heterocycles. The van der Waals surface area contributed by atoms with Gasteiger partial charge in [-0.3, -0.25) is 9.42 Å². The first-order chi connectivity index (χ1) is 6.64. The highest BCUT2D eigenvalue weighted by Gasteiger charge is 2.21. The standard InChI is InChI=1S/C9H11O4P/c1-2-8-12-14(10,11)13-9-6-4-3-5-7-9/h2-7H,1,8H2,(H,10,11). The van der Waals surface area contributed by atoms with Crippen LogP contribution in [0.1, 0.15) is 0 Å². The van der Waals surface area contributed by atoms with Crippen molar-refractivity contribution in [1.29, 1.82) is 0 Å². The molecule has 1 N–H and O–H groups in total. The largest absolute Gasteiger partial charge is 0.527 e. The zero-order valence-electron chi connectivity index (χ0n) is 7.50. The molecule has 0 amide bonds. The van der Waals surface area contributed by atoms with Gasteiger partial charge in [0.1, 0.15) is 5.75 Å². The first kappa shape index (κ1) is 11.0. The topological polar surface area (TPSA) is 55.8 Å². The van der Waals surface area contributed by atoms with Crippen molar-refractivity contribution in [2.45, 2.75) is 0 Å². The second kappa shape index (κ2) is 4.96. The molecular formula is C9H11O4P. The lowest BCUT2D eigenvalue weighted by Gasteiger charge is -2.11. The van der Waals surface area contributed by atoms with E-state index in [-0.39, 0.29) is 6.61 Å². The van der Waals surface area contributed by atoms with Gasteiger partial charge in [0.05, 0.1) is 6.61 Å². The molecule has 1 unspecified atom stereocenters. The van der Waals surface area contributed by atoms with E-state index in [1.165, 1.54) is 6.08 Å². The minimum Gasteiger partial charge on any atom is -0.404 e. The van der Waals surface area contributed by atoms with Gasteiger partial charge in [0.25, 0.3) is 0 Å². The van der Waals surface area contributed by atoms with E-state index >= 15 is 0 Å². The quantitative estimate of drug-likeness (QED) is 0.603. The Balaban J connectivity index is 2.59. The summed E-state index contributed by atoms with van der Waals surface area (Å²) in [6.07, 6.45) is 1.37. The van der Waals surface area contributed by atoms with Crippen molar-refractivity contribution in [3.05, 3.63) is 43.0 Å². The van der Waals surface area contributed by atoms with E-state index in [0.717, 1.165) is 0 Å². The van der Waals surface area contributed by atoms with Gasteiger partial charge in [0, 0.05) is 0 Å². The Kier molecular flexibility index (Phi) is 3.89. The van der Waals surface area contributed by atoms with Crippen molar-refractivity contribution in [1.82, 2.24) is 0 Å². The summed E-state index contributed by atoms with van der Waals surface area (Å²) in [5.74, 6) is 0.294. The molecule has 4 nitrogen and oxygen atoms in total. The molecule has 0 radical (unpaired) electrons. The van der Waals surface area contributed by atoms with Gasteiger partial charge in [-0.2, -0.15) is 0 Å². The molecule has 76 valence electrons. The molecule has 0 fully saturated rings. The smallest absolute Gasteiger partial charge is 0.404 e. The minimum atomic E-state index is -4.00. The van der Waals surface area contributed by atoms with E-state index in [9.17, 15) is 4.57 Å². The fraction of sp³-hybridized carbons (Fsp3) is 0.111. The first-order valence-corrected chi connectivity index (χ1v) is 5.46. The number of phosphoric ester groups is 1. The van der Waals surface area contributed by atoms with E-state index in [1.807, 2.05) is 0 Å². The van der Waals surface area contributed by atoms with Crippen LogP contribution in [0.3, 0.4) is 0 Å². The van der Waals surface area contributed by atoms with Crippen LogP contribution in [0.2, 0.25) is 0 Å². The Hall–Kier alpha value is -1.09. The summed E-state index contributed by atoms with van der Waals surface area (Å²) in [5.41, 5.74) is 0. The summed E-state index contributed by atoms with van der Waals surface area (Å²) in [7, 11) is -4.00. The second-order valence-corrected chi connectivity index (χ2v) is 3.84. The highest BCUT2D eigenvalue weighted by atomic mass is 31.2. The summed E-state index contributed by atoms with van der Waals surface area (Å²) >= 11 is 0. The number of para-hydroxylation sites is 1. The maximum atomic E-state index is 11.2. The number of phosphoric acid groups is 1. The molecule has 0 aliphatic rings. The fourth-order valence-electron chi connectivity index (χ4n) is 0.788. The number of rotatable bonds is 5. The predicted octanol–water partition coefficient (Wildman–Crippen LogP) is 2.37. The third-order valence-corrected chi connectivity index (χ3v) is 2.24. The highest BCUT2D eigenvalue weighted by Crippen LogP contribution is 2.43. The highest BCUT2D eigenvalue weighted by molar-refractivity contribution is 7.47. The lowest BCUT2D eigenvalue weighted by atomic mass is 10.3. The van der Waals surface area contributed by atoms with Crippen LogP contribution in [0.15, 0.2) is 43.0 Å². The Morgan fingerprint density at radius 2 is 2.07 bits per heavy atom. The molecule has 1 rings (SSSR count). The summed E-state index contributed by atoms with van der Waals surface area (Å²) in [4.78, 5) is 9.16. The molecule has 0 aromatic heterocycles. The van der Waals surface area contributed by atoms with Gasteiger partial charge >= 0.3 is 7.82 Å². The third kappa shape index (κ3) is 3.75. The van der Waals surface area contributed by atoms with Crippen molar-refractivity contribution < 1.29 is 18.5 Å². The fourth-order valence-corrected chi connectivity index (χ4v) is 1.52. The van der Waals surface area contributed by atoms with Crippen LogP contribution in [0, 0.1) is 0 Å². The van der Waals surface area contributed by atoms with Crippen LogP contribution in [0.25, 0.3) is 0 Å². The summed E-state index contributed by atoms with van der Waals surface area (Å²) in [6, 6.07) is 8.31. The van der Waals surface area contributed by atoms with Gasteiger partial charge < -0.3 is 4.52 Å². The SMILES string of the molecule is C=CCOP(=O)(O)Oc1ccccc1. The molecule has 1 atom stereocenters. The average Bonchev–Trinajstić information content (AvgIpc) is 2.16. The number of hydrogen-bond acceptors (Lipinski definition) is 3. The van der Waals surface area contributed by atoms with Crippen LogP contribution in [0.4, 0.5) is 0 Å². The zero-order valence-corrected chi connectivity index (χ0v) is 8.39. The molecule has 0 spiro atoms. The van der Waals surface area contributed by atoms with Gasteiger partial charge in [0.15, 0.2) is 0 Å². The monoisotopic (exact) mass is 214 g/mol. The van der Waals surface area contributed by atoms with Crippen LogP contribution in [-0.2, 0) is 9.09 Å². The number of benzene rings is 1. The van der Waals surface area contributed by atoms with E-state index in [1.54, 1.807) is 30.3 Å². The molecule has 0 bridgehead atoms. The lowest BCUT2D eigenvalue weighted by Crippen LogP contribution is -1.96. The maximum Gasteiger partial charge on any atom is 0.527 e. The van der Waals surface area contributed by atoms with Crippen LogP contribution >= 0.6 is 7.82 Å². The van der Waals surface area contributed by atoms with Gasteiger partial charge in [-0.05, 0) is 12.1 Å². The lowest BCUT2D eigenvalue weighted by molar-refractivity contribution is 0.222. The summed E-state index contributed by atoms with van der Waals surface area (Å²) in [5, 5.41) is 0. The molecule has 0 aliphatic carbocycles. The second-order valence-electron chi connectivity index (χ2n) is 2.46. The molecule has 0 aliphatic heterocycles. The summed E-state index contributed by atoms with van der Waals surface area (Å²) in [6.45, 7) is 3.33. The van der Waals surface area contributed by atoms with Gasteiger partial charge in [-0.1, -0.05) is 24.3 Å². The van der Waals surface area contributed by atoms with Crippen molar-refractivity contribution in [3.8, 4) is 5.75 Å². The average molecular weight is 214 g/mol. The molecule has 1 aromatic rings. The Morgan fingerprint density at radius 3 is 2.64 bits per heavy atom. The van der Waals surface area contributed by atoms with E-state index < -0.39 is 7.82 Å². The normalized spacial score (nSPS) is 14.4. The molecule has 14 heavy (non-hydrogen) atoms. The van der Waals surface area contributed by atoms with Crippen molar-refractivity contribution in [2.75, 3.05) is 6.61 Å². The first-order valence-electron chi connectivity index (χ1n) is 3.97. The van der Waals surface area contributed by atoms with Gasteiger partial charge in [-0.15, -0.1) is 6.58 Å². The van der Waals surface area contributed by atoms with E-state index in [0.29, 0.717) is 5.75 Å². The molecule has 0 saturated carbocycles. The van der Waals surface area contributed by atoms with Crippen LogP contribution < -0.4 is 4.52 Å². The van der Waals surface area contributed by atoms with E-state index in [2.05, 4.69) is 11.1 Å². The predicted molar refractivity (Wildman–Crippen MR) is 53.0 cm³/mol. The molecule has 1 aromatic carbocycles. The minimum absolute atomic E-state index is 0.0272. The van der Waals surface area contributed by atoms with Crippen LogP contribution in [0.5, 0.6) is 5.75 Å². The van der Waals surface area contributed by atoms with Crippen LogP contribution in [-0.4, -0.2) is 11.5 Å². The van der Waals surface area contributed by atoms with Crippen molar-refractivity contribution in [2.24, 2.45) is 0 Å². The van der Waals surface area contributed by atoms with E-state index in [4.69, 9.17) is 9.42 Å². The molecular weight excluding hydrogens is 203 g/mol. The van der Waals surface area contributed by atoms with Crippen molar-refractivity contribution in [3.63, 3.8) is 0 Å². The third-order valence-electron chi connectivity index (χ3n) is 1.32. The molecule has 5 heteroatoms. The van der Waals surface area contributed by atoms with Gasteiger partial charge in [0.2, 0.25) is 0 Å². The molecule has 0 heterocycles. The maximum absolute atomic E-state index is 11.2. The summed E-state index contributed by atoms with van der Waals surface area (Å²) < 4.78 is 20.5. The Bertz CT molecular complexity index is 336. The Morgan fingerprint density at radius 1 is 1.43 bits per heavy atom. The van der Waals surface area contributed by atoms with Gasteiger partial charge in [-0.25, -0.2) is 4.57 Å².